The Morgan fingerprint density at radius 3 is 2.59 bits per heavy atom. The van der Waals surface area contributed by atoms with Crippen molar-refractivity contribution >= 4 is 5.97 Å². The molecule has 1 aliphatic heterocycles. The van der Waals surface area contributed by atoms with Gasteiger partial charge in [-0.2, -0.15) is 0 Å². The zero-order valence-electron chi connectivity index (χ0n) is 13.1. The van der Waals surface area contributed by atoms with Gasteiger partial charge in [0, 0.05) is 11.5 Å². The number of carbonyl (C=O) groups is 1. The van der Waals surface area contributed by atoms with Gasteiger partial charge in [0.2, 0.25) is 0 Å². The molecule has 2 rings (SSSR count). The van der Waals surface area contributed by atoms with Crippen LogP contribution in [-0.4, -0.2) is 25.8 Å². The molecular weight excluding hydrogens is 287 g/mol. The van der Waals surface area contributed by atoms with E-state index in [-0.39, 0.29) is 5.56 Å². The Kier molecular flexibility index (Phi) is 6.34. The Morgan fingerprint density at radius 2 is 2.00 bits per heavy atom. The lowest BCUT2D eigenvalue weighted by atomic mass is 10.0. The van der Waals surface area contributed by atoms with Gasteiger partial charge in [-0.3, -0.25) is 0 Å². The highest BCUT2D eigenvalue weighted by atomic mass is 19.1. The van der Waals surface area contributed by atoms with Crippen LogP contribution in [-0.2, 0) is 14.2 Å². The lowest BCUT2D eigenvalue weighted by Crippen LogP contribution is -2.27. The Labute approximate surface area is 130 Å². The Bertz CT molecular complexity index is 495. The monoisotopic (exact) mass is 310 g/mol. The van der Waals surface area contributed by atoms with Crippen molar-refractivity contribution in [2.45, 2.75) is 39.4 Å². The van der Waals surface area contributed by atoms with E-state index >= 15 is 0 Å². The average molecular weight is 310 g/mol. The fraction of sp³-hybridized carbons (Fsp3) is 0.588. The molecule has 1 saturated heterocycles. The van der Waals surface area contributed by atoms with Gasteiger partial charge in [-0.05, 0) is 25.0 Å². The van der Waals surface area contributed by atoms with E-state index < -0.39 is 18.1 Å². The third-order valence-corrected chi connectivity index (χ3v) is 3.59. The first-order chi connectivity index (χ1) is 10.7. The summed E-state index contributed by atoms with van der Waals surface area (Å²) in [4.78, 5) is 11.7. The van der Waals surface area contributed by atoms with Crippen molar-refractivity contribution in [3.05, 3.63) is 35.1 Å². The second-order valence-electron chi connectivity index (χ2n) is 5.53. The molecule has 4 nitrogen and oxygen atoms in total. The van der Waals surface area contributed by atoms with Crippen molar-refractivity contribution in [2.24, 2.45) is 5.92 Å². The van der Waals surface area contributed by atoms with Gasteiger partial charge in [-0.15, -0.1) is 0 Å². The minimum Gasteiger partial charge on any atom is -0.462 e. The smallest absolute Gasteiger partial charge is 0.338 e. The standard InChI is InChI=1S/C17H23FO4/c1-3-5-12-10-21-17(22-11-12)14-7-6-13(9-15(14)18)16(19)20-8-4-2/h6-7,9,12,17H,3-5,8,10-11H2,1-2H3. The molecule has 0 N–H and O–H groups in total. The number of hydrogen-bond donors (Lipinski definition) is 0. The molecule has 5 heteroatoms. The molecule has 0 amide bonds. The summed E-state index contributed by atoms with van der Waals surface area (Å²) in [5, 5.41) is 0. The molecule has 0 atom stereocenters. The number of ether oxygens (including phenoxy) is 3. The average Bonchev–Trinajstić information content (AvgIpc) is 2.54. The Morgan fingerprint density at radius 1 is 1.27 bits per heavy atom. The summed E-state index contributed by atoms with van der Waals surface area (Å²) in [5.74, 6) is -0.654. The lowest BCUT2D eigenvalue weighted by molar-refractivity contribution is -0.207. The zero-order chi connectivity index (χ0) is 15.9. The highest BCUT2D eigenvalue weighted by Gasteiger charge is 2.25. The molecule has 0 bridgehead atoms. The molecule has 1 aromatic rings. The van der Waals surface area contributed by atoms with Crippen LogP contribution in [0.3, 0.4) is 0 Å². The minimum absolute atomic E-state index is 0.203. The van der Waals surface area contributed by atoms with Crippen LogP contribution in [0, 0.1) is 11.7 Å². The first-order valence-electron chi connectivity index (χ1n) is 7.85. The fourth-order valence-corrected chi connectivity index (χ4v) is 2.42. The Balaban J connectivity index is 2.00. The second kappa shape index (κ2) is 8.25. The van der Waals surface area contributed by atoms with Crippen LogP contribution in [0.15, 0.2) is 18.2 Å². The number of rotatable bonds is 6. The highest BCUT2D eigenvalue weighted by Crippen LogP contribution is 2.29. The summed E-state index contributed by atoms with van der Waals surface area (Å²) in [6, 6.07) is 4.25. The van der Waals surface area contributed by atoms with Gasteiger partial charge in [-0.1, -0.05) is 26.3 Å². The second-order valence-corrected chi connectivity index (χ2v) is 5.53. The summed E-state index contributed by atoms with van der Waals surface area (Å²) in [6.45, 7) is 5.48. The fourth-order valence-electron chi connectivity index (χ4n) is 2.42. The van der Waals surface area contributed by atoms with Crippen LogP contribution in [0.5, 0.6) is 0 Å². The molecule has 0 spiro atoms. The predicted molar refractivity (Wildman–Crippen MR) is 80.0 cm³/mol. The van der Waals surface area contributed by atoms with Crippen molar-refractivity contribution in [2.75, 3.05) is 19.8 Å². The molecule has 0 aliphatic carbocycles. The molecule has 0 saturated carbocycles. The predicted octanol–water partition coefficient (Wildman–Crippen LogP) is 3.85. The largest absolute Gasteiger partial charge is 0.462 e. The molecule has 1 aromatic carbocycles. The normalized spacial score (nSPS) is 21.6. The third-order valence-electron chi connectivity index (χ3n) is 3.59. The molecular formula is C17H23FO4. The molecule has 122 valence electrons. The van der Waals surface area contributed by atoms with Crippen molar-refractivity contribution in [1.82, 2.24) is 0 Å². The SMILES string of the molecule is CCCOC(=O)c1ccc(C2OCC(CCC)CO2)c(F)c1. The molecule has 0 radical (unpaired) electrons. The molecule has 1 fully saturated rings. The van der Waals surface area contributed by atoms with Crippen LogP contribution in [0.2, 0.25) is 0 Å². The van der Waals surface area contributed by atoms with Gasteiger partial charge in [0.05, 0.1) is 25.4 Å². The van der Waals surface area contributed by atoms with E-state index in [1.54, 1.807) is 6.07 Å². The Hall–Kier alpha value is -1.46. The third kappa shape index (κ3) is 4.27. The number of benzene rings is 1. The maximum absolute atomic E-state index is 14.2. The van der Waals surface area contributed by atoms with Gasteiger partial charge in [0.15, 0.2) is 6.29 Å². The van der Waals surface area contributed by atoms with Gasteiger partial charge in [0.25, 0.3) is 0 Å². The van der Waals surface area contributed by atoms with E-state index in [1.165, 1.54) is 12.1 Å². The van der Waals surface area contributed by atoms with E-state index in [9.17, 15) is 9.18 Å². The van der Waals surface area contributed by atoms with E-state index in [4.69, 9.17) is 14.2 Å². The zero-order valence-corrected chi connectivity index (χ0v) is 13.1. The van der Waals surface area contributed by atoms with Crippen molar-refractivity contribution in [3.63, 3.8) is 0 Å². The van der Waals surface area contributed by atoms with Crippen molar-refractivity contribution in [3.8, 4) is 0 Å². The molecule has 0 unspecified atom stereocenters. The van der Waals surface area contributed by atoms with Gasteiger partial charge in [0.1, 0.15) is 5.82 Å². The number of esters is 1. The van der Waals surface area contributed by atoms with E-state index in [0.717, 1.165) is 19.3 Å². The summed E-state index contributed by atoms with van der Waals surface area (Å²) in [7, 11) is 0. The van der Waals surface area contributed by atoms with Gasteiger partial charge in [-0.25, -0.2) is 9.18 Å². The van der Waals surface area contributed by atoms with Crippen LogP contribution in [0.25, 0.3) is 0 Å². The molecule has 1 aliphatic rings. The van der Waals surface area contributed by atoms with Crippen LogP contribution < -0.4 is 0 Å². The van der Waals surface area contributed by atoms with Crippen molar-refractivity contribution in [1.29, 1.82) is 0 Å². The number of halogens is 1. The van der Waals surface area contributed by atoms with Gasteiger partial charge >= 0.3 is 5.97 Å². The van der Waals surface area contributed by atoms with Crippen LogP contribution >= 0.6 is 0 Å². The van der Waals surface area contributed by atoms with Crippen molar-refractivity contribution < 1.29 is 23.4 Å². The topological polar surface area (TPSA) is 44.8 Å². The number of hydrogen-bond acceptors (Lipinski definition) is 4. The van der Waals surface area contributed by atoms with E-state index in [2.05, 4.69) is 6.92 Å². The summed E-state index contributed by atoms with van der Waals surface area (Å²) >= 11 is 0. The van der Waals surface area contributed by atoms with E-state index in [0.29, 0.717) is 31.3 Å². The first kappa shape index (κ1) is 16.9. The van der Waals surface area contributed by atoms with E-state index in [1.807, 2.05) is 6.92 Å². The molecule has 0 aromatic heterocycles. The summed E-state index contributed by atoms with van der Waals surface area (Å²) < 4.78 is 30.4. The highest BCUT2D eigenvalue weighted by molar-refractivity contribution is 5.89. The maximum Gasteiger partial charge on any atom is 0.338 e. The van der Waals surface area contributed by atoms with Crippen LogP contribution in [0.1, 0.15) is 55.3 Å². The maximum atomic E-state index is 14.2. The van der Waals surface area contributed by atoms with Crippen LogP contribution in [0.4, 0.5) is 4.39 Å². The number of carbonyl (C=O) groups excluding carboxylic acids is 1. The summed E-state index contributed by atoms with van der Waals surface area (Å²) in [6.07, 6.45) is 2.14. The minimum atomic E-state index is -0.700. The first-order valence-corrected chi connectivity index (χ1v) is 7.85. The quantitative estimate of drug-likeness (QED) is 0.749. The molecule has 1 heterocycles. The molecule has 22 heavy (non-hydrogen) atoms. The summed E-state index contributed by atoms with van der Waals surface area (Å²) in [5.41, 5.74) is 0.524. The lowest BCUT2D eigenvalue weighted by Gasteiger charge is -2.29. The van der Waals surface area contributed by atoms with Gasteiger partial charge < -0.3 is 14.2 Å².